The fourth-order valence-corrected chi connectivity index (χ4v) is 1.71. The third-order valence-electron chi connectivity index (χ3n) is 2.81. The lowest BCUT2D eigenvalue weighted by Gasteiger charge is -2.23. The SMILES string of the molecule is CC(C)(N)CCC(=O)N(CC#N)Cc1ccccc1. The lowest BCUT2D eigenvalue weighted by Crippen LogP contribution is -2.36. The Balaban J connectivity index is 2.62. The van der Waals surface area contributed by atoms with Gasteiger partial charge in [-0.3, -0.25) is 4.79 Å². The van der Waals surface area contributed by atoms with Gasteiger partial charge in [-0.1, -0.05) is 30.3 Å². The van der Waals surface area contributed by atoms with Crippen LogP contribution in [0.4, 0.5) is 0 Å². The van der Waals surface area contributed by atoms with Crippen LogP contribution in [0.5, 0.6) is 0 Å². The molecule has 0 radical (unpaired) electrons. The van der Waals surface area contributed by atoms with Crippen LogP contribution in [0, 0.1) is 11.3 Å². The Bertz CT molecular complexity index is 443. The molecule has 0 unspecified atom stereocenters. The van der Waals surface area contributed by atoms with Crippen LogP contribution in [0.2, 0.25) is 0 Å². The van der Waals surface area contributed by atoms with Crippen LogP contribution in [-0.2, 0) is 11.3 Å². The van der Waals surface area contributed by atoms with Crippen LogP contribution >= 0.6 is 0 Å². The molecule has 0 aromatic heterocycles. The first kappa shape index (κ1) is 15.2. The van der Waals surface area contributed by atoms with E-state index < -0.39 is 0 Å². The second-order valence-corrected chi connectivity index (χ2v) is 5.38. The molecule has 19 heavy (non-hydrogen) atoms. The first-order valence-electron chi connectivity index (χ1n) is 6.40. The quantitative estimate of drug-likeness (QED) is 0.795. The van der Waals surface area contributed by atoms with Gasteiger partial charge in [-0.2, -0.15) is 5.26 Å². The Kier molecular flexibility index (Phi) is 5.53. The molecule has 0 aliphatic rings. The van der Waals surface area contributed by atoms with E-state index in [1.807, 2.05) is 50.2 Å². The number of nitrogens with zero attached hydrogens (tertiary/aromatic N) is 2. The Morgan fingerprint density at radius 2 is 2.00 bits per heavy atom. The van der Waals surface area contributed by atoms with Gasteiger partial charge >= 0.3 is 0 Å². The zero-order valence-corrected chi connectivity index (χ0v) is 11.6. The van der Waals surface area contributed by atoms with Crippen molar-refractivity contribution in [1.29, 1.82) is 5.26 Å². The molecule has 4 heteroatoms. The number of benzene rings is 1. The van der Waals surface area contributed by atoms with E-state index in [0.29, 0.717) is 19.4 Å². The average Bonchev–Trinajstić information content (AvgIpc) is 2.36. The van der Waals surface area contributed by atoms with Crippen molar-refractivity contribution in [2.75, 3.05) is 6.54 Å². The van der Waals surface area contributed by atoms with E-state index in [4.69, 9.17) is 11.0 Å². The first-order chi connectivity index (χ1) is 8.92. The van der Waals surface area contributed by atoms with Crippen molar-refractivity contribution in [3.8, 4) is 6.07 Å². The molecule has 0 heterocycles. The molecule has 0 atom stereocenters. The van der Waals surface area contributed by atoms with Crippen LogP contribution in [0.25, 0.3) is 0 Å². The summed E-state index contributed by atoms with van der Waals surface area (Å²) in [5.74, 6) is -0.0241. The maximum Gasteiger partial charge on any atom is 0.223 e. The van der Waals surface area contributed by atoms with Crippen molar-refractivity contribution in [1.82, 2.24) is 4.90 Å². The zero-order chi connectivity index (χ0) is 14.3. The van der Waals surface area contributed by atoms with Gasteiger partial charge in [-0.05, 0) is 25.8 Å². The van der Waals surface area contributed by atoms with Gasteiger partial charge in [0.2, 0.25) is 5.91 Å². The summed E-state index contributed by atoms with van der Waals surface area (Å²) in [7, 11) is 0. The number of carbonyl (C=O) groups is 1. The summed E-state index contributed by atoms with van der Waals surface area (Å²) < 4.78 is 0. The van der Waals surface area contributed by atoms with Gasteiger partial charge < -0.3 is 10.6 Å². The highest BCUT2D eigenvalue weighted by atomic mass is 16.2. The van der Waals surface area contributed by atoms with Crippen LogP contribution < -0.4 is 5.73 Å². The molecule has 1 aromatic carbocycles. The minimum Gasteiger partial charge on any atom is -0.326 e. The monoisotopic (exact) mass is 259 g/mol. The minimum atomic E-state index is -0.360. The average molecular weight is 259 g/mol. The van der Waals surface area contributed by atoms with E-state index in [2.05, 4.69) is 0 Å². The summed E-state index contributed by atoms with van der Waals surface area (Å²) >= 11 is 0. The zero-order valence-electron chi connectivity index (χ0n) is 11.6. The molecule has 0 fully saturated rings. The maximum atomic E-state index is 12.1. The van der Waals surface area contributed by atoms with Gasteiger partial charge in [0.05, 0.1) is 6.07 Å². The summed E-state index contributed by atoms with van der Waals surface area (Å²) in [4.78, 5) is 13.7. The number of hydrogen-bond donors (Lipinski definition) is 1. The molecule has 1 rings (SSSR count). The van der Waals surface area contributed by atoms with E-state index in [1.54, 1.807) is 4.90 Å². The summed E-state index contributed by atoms with van der Waals surface area (Å²) in [6.45, 7) is 4.37. The number of rotatable bonds is 6. The van der Waals surface area contributed by atoms with Crippen LogP contribution in [0.15, 0.2) is 30.3 Å². The normalized spacial score (nSPS) is 10.8. The van der Waals surface area contributed by atoms with E-state index in [1.165, 1.54) is 0 Å². The summed E-state index contributed by atoms with van der Waals surface area (Å²) in [5, 5.41) is 8.82. The summed E-state index contributed by atoms with van der Waals surface area (Å²) in [5.41, 5.74) is 6.54. The van der Waals surface area contributed by atoms with Crippen LogP contribution in [-0.4, -0.2) is 22.9 Å². The lowest BCUT2D eigenvalue weighted by molar-refractivity contribution is -0.131. The fourth-order valence-electron chi connectivity index (χ4n) is 1.71. The van der Waals surface area contributed by atoms with Gasteiger partial charge in [0.15, 0.2) is 0 Å². The molecular formula is C15H21N3O. The van der Waals surface area contributed by atoms with Crippen molar-refractivity contribution < 1.29 is 4.79 Å². The Morgan fingerprint density at radius 1 is 1.37 bits per heavy atom. The number of carbonyl (C=O) groups excluding carboxylic acids is 1. The highest BCUT2D eigenvalue weighted by Crippen LogP contribution is 2.11. The molecule has 1 amide bonds. The number of nitrogens with two attached hydrogens (primary N) is 1. The summed E-state index contributed by atoms with van der Waals surface area (Å²) in [6, 6.07) is 11.7. The number of amides is 1. The molecule has 0 aliphatic carbocycles. The maximum absolute atomic E-state index is 12.1. The molecule has 1 aromatic rings. The van der Waals surface area contributed by atoms with Crippen molar-refractivity contribution in [3.05, 3.63) is 35.9 Å². The molecule has 2 N–H and O–H groups in total. The molecule has 4 nitrogen and oxygen atoms in total. The van der Waals surface area contributed by atoms with Crippen LogP contribution in [0.3, 0.4) is 0 Å². The van der Waals surface area contributed by atoms with Gasteiger partial charge in [0.1, 0.15) is 6.54 Å². The van der Waals surface area contributed by atoms with E-state index in [-0.39, 0.29) is 18.0 Å². The molecular weight excluding hydrogens is 238 g/mol. The molecule has 0 saturated heterocycles. The van der Waals surface area contributed by atoms with Crippen molar-refractivity contribution >= 4 is 5.91 Å². The molecule has 0 bridgehead atoms. The van der Waals surface area contributed by atoms with Gasteiger partial charge in [-0.25, -0.2) is 0 Å². The topological polar surface area (TPSA) is 70.1 Å². The molecule has 102 valence electrons. The minimum absolute atomic E-state index is 0.0241. The Labute approximate surface area is 114 Å². The predicted molar refractivity (Wildman–Crippen MR) is 75.0 cm³/mol. The highest BCUT2D eigenvalue weighted by molar-refractivity contribution is 5.76. The van der Waals surface area contributed by atoms with Gasteiger partial charge in [0.25, 0.3) is 0 Å². The standard InChI is InChI=1S/C15H21N3O/c1-15(2,17)9-8-14(19)18(11-10-16)12-13-6-4-3-5-7-13/h3-7H,8-9,11-12,17H2,1-2H3. The number of hydrogen-bond acceptors (Lipinski definition) is 3. The third-order valence-corrected chi connectivity index (χ3v) is 2.81. The van der Waals surface area contributed by atoms with Crippen molar-refractivity contribution in [2.45, 2.75) is 38.8 Å². The van der Waals surface area contributed by atoms with Crippen molar-refractivity contribution in [3.63, 3.8) is 0 Å². The summed E-state index contributed by atoms with van der Waals surface area (Å²) in [6.07, 6.45) is 0.987. The van der Waals surface area contributed by atoms with Crippen molar-refractivity contribution in [2.24, 2.45) is 5.73 Å². The molecule has 0 spiro atoms. The van der Waals surface area contributed by atoms with Gasteiger partial charge in [-0.15, -0.1) is 0 Å². The predicted octanol–water partition coefficient (Wildman–Crippen LogP) is 2.06. The lowest BCUT2D eigenvalue weighted by atomic mass is 9.99. The smallest absolute Gasteiger partial charge is 0.223 e. The van der Waals surface area contributed by atoms with E-state index >= 15 is 0 Å². The number of nitriles is 1. The Hall–Kier alpha value is -1.86. The largest absolute Gasteiger partial charge is 0.326 e. The first-order valence-corrected chi connectivity index (χ1v) is 6.40. The fraction of sp³-hybridized carbons (Fsp3) is 0.467. The second kappa shape index (κ2) is 6.91. The third kappa shape index (κ3) is 6.03. The van der Waals surface area contributed by atoms with E-state index in [9.17, 15) is 4.79 Å². The molecule has 0 saturated carbocycles. The van der Waals surface area contributed by atoms with Crippen LogP contribution in [0.1, 0.15) is 32.3 Å². The van der Waals surface area contributed by atoms with E-state index in [0.717, 1.165) is 5.56 Å². The van der Waals surface area contributed by atoms with Gasteiger partial charge in [0, 0.05) is 18.5 Å². The highest BCUT2D eigenvalue weighted by Gasteiger charge is 2.18. The second-order valence-electron chi connectivity index (χ2n) is 5.38. The molecule has 0 aliphatic heterocycles. The Morgan fingerprint density at radius 3 is 2.53 bits per heavy atom.